The van der Waals surface area contributed by atoms with Crippen LogP contribution in [0.5, 0.6) is 0 Å². The van der Waals surface area contributed by atoms with Crippen molar-refractivity contribution in [3.63, 3.8) is 0 Å². The van der Waals surface area contributed by atoms with Crippen molar-refractivity contribution in [1.29, 1.82) is 0 Å². The number of nitrogens with zero attached hydrogens (tertiary/aromatic N) is 1. The van der Waals surface area contributed by atoms with Crippen LogP contribution in [0, 0.1) is 23.0 Å². The Morgan fingerprint density at radius 3 is 2.85 bits per heavy atom. The number of ether oxygens (including phenoxy) is 1. The Morgan fingerprint density at radius 2 is 2.20 bits per heavy atom. The van der Waals surface area contributed by atoms with E-state index in [0.717, 1.165) is 25.1 Å². The van der Waals surface area contributed by atoms with Gasteiger partial charge in [-0.15, -0.1) is 0 Å². The lowest BCUT2D eigenvalue weighted by Crippen LogP contribution is -2.36. The number of benzene rings is 1. The highest BCUT2D eigenvalue weighted by Gasteiger charge is 2.25. The summed E-state index contributed by atoms with van der Waals surface area (Å²) >= 11 is 0. The van der Waals surface area contributed by atoms with Crippen LogP contribution >= 0.6 is 0 Å². The van der Waals surface area contributed by atoms with E-state index < -0.39 is 0 Å². The molecule has 1 aliphatic heterocycles. The maximum absolute atomic E-state index is 11.0. The summed E-state index contributed by atoms with van der Waals surface area (Å²) in [5.74, 6) is 0.493. The van der Waals surface area contributed by atoms with Gasteiger partial charge >= 0.3 is 0 Å². The molecule has 1 N–H and O–H groups in total. The van der Waals surface area contributed by atoms with E-state index in [2.05, 4.69) is 19.2 Å². The zero-order valence-electron chi connectivity index (χ0n) is 12.3. The molecule has 0 spiro atoms. The zero-order valence-corrected chi connectivity index (χ0v) is 12.3. The molecule has 5 heteroatoms. The highest BCUT2D eigenvalue weighted by Crippen LogP contribution is 2.26. The summed E-state index contributed by atoms with van der Waals surface area (Å²) in [6.45, 7) is 6.81. The number of nitro benzene ring substituents is 1. The number of rotatable bonds is 4. The summed E-state index contributed by atoms with van der Waals surface area (Å²) in [5.41, 5.74) is 1.67. The van der Waals surface area contributed by atoms with Crippen LogP contribution < -0.4 is 5.32 Å². The molecule has 1 aliphatic rings. The molecule has 1 fully saturated rings. The molecule has 1 aromatic carbocycles. The van der Waals surface area contributed by atoms with Crippen molar-refractivity contribution in [2.24, 2.45) is 5.92 Å². The standard InChI is InChI=1S/C15H22N2O3/c1-10(2)15-9-13(6-7-20-15)16-12-5-4-11(3)14(8-12)17(18)19/h4-5,8,10,13,15-16H,6-7,9H2,1-3H3. The highest BCUT2D eigenvalue weighted by atomic mass is 16.6. The second-order valence-corrected chi connectivity index (χ2v) is 5.78. The van der Waals surface area contributed by atoms with Crippen LogP contribution in [0.15, 0.2) is 18.2 Å². The second kappa shape index (κ2) is 6.22. The lowest BCUT2D eigenvalue weighted by atomic mass is 9.95. The molecule has 2 rings (SSSR count). The first-order valence-electron chi connectivity index (χ1n) is 7.10. The number of hydrogen-bond donors (Lipinski definition) is 1. The number of nitrogens with one attached hydrogen (secondary N) is 1. The minimum absolute atomic E-state index is 0.169. The Balaban J connectivity index is 2.06. The second-order valence-electron chi connectivity index (χ2n) is 5.78. The first kappa shape index (κ1) is 14.8. The molecule has 110 valence electrons. The van der Waals surface area contributed by atoms with Crippen molar-refractivity contribution in [2.45, 2.75) is 45.8 Å². The number of hydrogen-bond acceptors (Lipinski definition) is 4. The Morgan fingerprint density at radius 1 is 1.45 bits per heavy atom. The van der Waals surface area contributed by atoms with E-state index >= 15 is 0 Å². The molecule has 0 amide bonds. The summed E-state index contributed by atoms with van der Waals surface area (Å²) in [7, 11) is 0. The van der Waals surface area contributed by atoms with Gasteiger partial charge in [-0.1, -0.05) is 19.9 Å². The van der Waals surface area contributed by atoms with Gasteiger partial charge in [0.15, 0.2) is 0 Å². The Labute approximate surface area is 119 Å². The van der Waals surface area contributed by atoms with E-state index in [1.807, 2.05) is 6.07 Å². The third-order valence-electron chi connectivity index (χ3n) is 3.84. The monoisotopic (exact) mass is 278 g/mol. The normalized spacial score (nSPS) is 22.8. The first-order chi connectivity index (χ1) is 9.47. The maximum atomic E-state index is 11.0. The molecular formula is C15H22N2O3. The molecule has 20 heavy (non-hydrogen) atoms. The third-order valence-corrected chi connectivity index (χ3v) is 3.84. The van der Waals surface area contributed by atoms with Crippen LogP contribution in [0.4, 0.5) is 11.4 Å². The predicted molar refractivity (Wildman–Crippen MR) is 79.1 cm³/mol. The Bertz CT molecular complexity index is 488. The van der Waals surface area contributed by atoms with Crippen LogP contribution in [-0.4, -0.2) is 23.7 Å². The average Bonchev–Trinajstić information content (AvgIpc) is 2.41. The largest absolute Gasteiger partial charge is 0.382 e. The van der Waals surface area contributed by atoms with Gasteiger partial charge in [0.25, 0.3) is 5.69 Å². The number of nitro groups is 1. The molecule has 1 aromatic rings. The summed E-state index contributed by atoms with van der Waals surface area (Å²) in [6, 6.07) is 5.63. The van der Waals surface area contributed by atoms with Crippen molar-refractivity contribution in [2.75, 3.05) is 11.9 Å². The van der Waals surface area contributed by atoms with Gasteiger partial charge in [-0.25, -0.2) is 0 Å². The Kier molecular flexibility index (Phi) is 4.60. The van der Waals surface area contributed by atoms with Crippen LogP contribution in [0.2, 0.25) is 0 Å². The fourth-order valence-corrected chi connectivity index (χ4v) is 2.56. The van der Waals surface area contributed by atoms with Crippen molar-refractivity contribution in [3.8, 4) is 0 Å². The molecule has 0 radical (unpaired) electrons. The number of aryl methyl sites for hydroxylation is 1. The molecule has 2 unspecified atom stereocenters. The van der Waals surface area contributed by atoms with Gasteiger partial charge in [-0.2, -0.15) is 0 Å². The van der Waals surface area contributed by atoms with E-state index in [4.69, 9.17) is 4.74 Å². The van der Waals surface area contributed by atoms with Crippen molar-refractivity contribution < 1.29 is 9.66 Å². The van der Waals surface area contributed by atoms with Crippen molar-refractivity contribution >= 4 is 11.4 Å². The summed E-state index contributed by atoms with van der Waals surface area (Å²) in [4.78, 5) is 10.6. The van der Waals surface area contributed by atoms with Crippen LogP contribution in [0.25, 0.3) is 0 Å². The predicted octanol–water partition coefficient (Wildman–Crippen LogP) is 3.52. The molecule has 0 saturated carbocycles. The zero-order chi connectivity index (χ0) is 14.7. The van der Waals surface area contributed by atoms with Gasteiger partial charge in [0.2, 0.25) is 0 Å². The van der Waals surface area contributed by atoms with E-state index in [-0.39, 0.29) is 16.7 Å². The van der Waals surface area contributed by atoms with E-state index in [1.165, 1.54) is 0 Å². The molecule has 0 bridgehead atoms. The highest BCUT2D eigenvalue weighted by molar-refractivity contribution is 5.55. The Hall–Kier alpha value is -1.62. The van der Waals surface area contributed by atoms with E-state index in [1.54, 1.807) is 19.1 Å². The lowest BCUT2D eigenvalue weighted by Gasteiger charge is -2.32. The van der Waals surface area contributed by atoms with Gasteiger partial charge in [0.05, 0.1) is 11.0 Å². The SMILES string of the molecule is Cc1ccc(NC2CCOC(C(C)C)C2)cc1[N+](=O)[O-]. The fraction of sp³-hybridized carbons (Fsp3) is 0.600. The molecule has 5 nitrogen and oxygen atoms in total. The van der Waals surface area contributed by atoms with Gasteiger partial charge in [0.1, 0.15) is 0 Å². The molecule has 1 saturated heterocycles. The summed E-state index contributed by atoms with van der Waals surface area (Å²) in [5, 5.41) is 14.4. The molecule has 1 heterocycles. The molecule has 2 atom stereocenters. The molecule has 0 aliphatic carbocycles. The van der Waals surface area contributed by atoms with Gasteiger partial charge in [0, 0.05) is 30.0 Å². The fourth-order valence-electron chi connectivity index (χ4n) is 2.56. The van der Waals surface area contributed by atoms with Crippen LogP contribution in [0.1, 0.15) is 32.3 Å². The van der Waals surface area contributed by atoms with Gasteiger partial charge in [-0.05, 0) is 31.7 Å². The topological polar surface area (TPSA) is 64.4 Å². The summed E-state index contributed by atoms with van der Waals surface area (Å²) in [6.07, 6.45) is 2.14. The van der Waals surface area contributed by atoms with E-state index in [9.17, 15) is 10.1 Å². The molecule has 0 aromatic heterocycles. The van der Waals surface area contributed by atoms with Crippen molar-refractivity contribution in [1.82, 2.24) is 0 Å². The maximum Gasteiger partial charge on any atom is 0.274 e. The average molecular weight is 278 g/mol. The van der Waals surface area contributed by atoms with Crippen LogP contribution in [0.3, 0.4) is 0 Å². The first-order valence-corrected chi connectivity index (χ1v) is 7.10. The molecular weight excluding hydrogens is 256 g/mol. The summed E-state index contributed by atoms with van der Waals surface area (Å²) < 4.78 is 5.74. The van der Waals surface area contributed by atoms with Gasteiger partial charge in [-0.3, -0.25) is 10.1 Å². The number of anilines is 1. The third kappa shape index (κ3) is 3.48. The van der Waals surface area contributed by atoms with Gasteiger partial charge < -0.3 is 10.1 Å². The van der Waals surface area contributed by atoms with Crippen LogP contribution in [-0.2, 0) is 4.74 Å². The lowest BCUT2D eigenvalue weighted by molar-refractivity contribution is -0.385. The minimum atomic E-state index is -0.332. The minimum Gasteiger partial charge on any atom is -0.382 e. The van der Waals surface area contributed by atoms with E-state index in [0.29, 0.717) is 17.5 Å². The van der Waals surface area contributed by atoms with Crippen molar-refractivity contribution in [3.05, 3.63) is 33.9 Å². The quantitative estimate of drug-likeness (QED) is 0.676. The smallest absolute Gasteiger partial charge is 0.274 e.